The third-order valence-electron chi connectivity index (χ3n) is 6.86. The molecule has 0 saturated carbocycles. The Morgan fingerprint density at radius 2 is 1.42 bits per heavy atom. The minimum absolute atomic E-state index is 0.0595. The molecule has 2 atom stereocenters. The highest BCUT2D eigenvalue weighted by Crippen LogP contribution is 2.38. The van der Waals surface area contributed by atoms with E-state index in [1.807, 2.05) is 53.4 Å². The number of carbonyl (C=O) groups excluding carboxylic acids is 1. The van der Waals surface area contributed by atoms with Crippen LogP contribution >= 0.6 is 0 Å². The number of nitrogens with zero attached hydrogens (tertiary/aromatic N) is 2. The Morgan fingerprint density at radius 1 is 0.788 bits per heavy atom. The number of carbonyl (C=O) groups is 1. The Hall–Kier alpha value is -2.96. The molecule has 2 heterocycles. The molecule has 1 amide bonds. The monoisotopic (exact) mass is 460 g/mol. The summed E-state index contributed by atoms with van der Waals surface area (Å²) in [5, 5.41) is 0. The maximum Gasteiger partial charge on any atom is 0.243 e. The molecule has 5 nitrogen and oxygen atoms in total. The van der Waals surface area contributed by atoms with Gasteiger partial charge >= 0.3 is 0 Å². The van der Waals surface area contributed by atoms with E-state index < -0.39 is 10.0 Å². The first kappa shape index (κ1) is 21.9. The van der Waals surface area contributed by atoms with E-state index in [0.29, 0.717) is 25.9 Å². The molecule has 0 bridgehead atoms. The second kappa shape index (κ2) is 9.12. The van der Waals surface area contributed by atoms with E-state index in [-0.39, 0.29) is 29.3 Å². The van der Waals surface area contributed by atoms with Crippen LogP contribution < -0.4 is 0 Å². The van der Waals surface area contributed by atoms with Crippen molar-refractivity contribution in [3.63, 3.8) is 0 Å². The number of hydrogen-bond donors (Lipinski definition) is 0. The first-order valence-electron chi connectivity index (χ1n) is 11.5. The molecule has 1 saturated heterocycles. The maximum absolute atomic E-state index is 13.7. The largest absolute Gasteiger partial charge is 0.338 e. The van der Waals surface area contributed by atoms with Crippen LogP contribution in [-0.4, -0.2) is 36.6 Å². The summed E-state index contributed by atoms with van der Waals surface area (Å²) in [6, 6.07) is 26.3. The molecule has 0 spiro atoms. The fraction of sp³-hybridized carbons (Fsp3) is 0.296. The number of benzene rings is 3. The van der Waals surface area contributed by atoms with Crippen molar-refractivity contribution in [3.05, 3.63) is 102 Å². The molecule has 0 N–H and O–H groups in total. The predicted molar refractivity (Wildman–Crippen MR) is 128 cm³/mol. The SMILES string of the molecule is O=C(C1CCC(c2ccccc2)N(S(=O)(=O)c2ccccc2)C1)N1CCc2ccccc2C1. The number of hydrogen-bond acceptors (Lipinski definition) is 3. The average molecular weight is 461 g/mol. The van der Waals surface area contributed by atoms with E-state index in [1.54, 1.807) is 28.6 Å². The van der Waals surface area contributed by atoms with Gasteiger partial charge in [-0.15, -0.1) is 0 Å². The minimum Gasteiger partial charge on any atom is -0.338 e. The van der Waals surface area contributed by atoms with Crippen molar-refractivity contribution in [3.8, 4) is 0 Å². The molecule has 2 unspecified atom stereocenters. The van der Waals surface area contributed by atoms with Crippen LogP contribution in [0.4, 0.5) is 0 Å². The molecular formula is C27H28N2O3S. The lowest BCUT2D eigenvalue weighted by atomic mass is 9.89. The standard InChI is InChI=1S/C27H28N2O3S/c30-27(28-18-17-21-9-7-8-12-23(21)19-28)24-15-16-26(22-10-3-1-4-11-22)29(20-24)33(31,32)25-13-5-2-6-14-25/h1-14,24,26H,15-20H2. The van der Waals surface area contributed by atoms with Gasteiger partial charge in [-0.2, -0.15) is 4.31 Å². The van der Waals surface area contributed by atoms with Gasteiger partial charge in [0.05, 0.1) is 16.9 Å². The van der Waals surface area contributed by atoms with Crippen molar-refractivity contribution >= 4 is 15.9 Å². The van der Waals surface area contributed by atoms with Gasteiger partial charge in [0.25, 0.3) is 0 Å². The number of rotatable bonds is 4. The summed E-state index contributed by atoms with van der Waals surface area (Å²) in [4.78, 5) is 15.7. The van der Waals surface area contributed by atoms with E-state index in [0.717, 1.165) is 12.0 Å². The molecule has 6 heteroatoms. The molecule has 0 aromatic heterocycles. The van der Waals surface area contributed by atoms with Gasteiger partial charge in [0.15, 0.2) is 0 Å². The van der Waals surface area contributed by atoms with Gasteiger partial charge in [-0.3, -0.25) is 4.79 Å². The number of fused-ring (bicyclic) bond motifs is 1. The Morgan fingerprint density at radius 3 is 2.15 bits per heavy atom. The van der Waals surface area contributed by atoms with Crippen molar-refractivity contribution in [1.82, 2.24) is 9.21 Å². The number of sulfonamides is 1. The third-order valence-corrected chi connectivity index (χ3v) is 8.75. The van der Waals surface area contributed by atoms with Crippen LogP contribution in [0.5, 0.6) is 0 Å². The molecule has 33 heavy (non-hydrogen) atoms. The van der Waals surface area contributed by atoms with Crippen molar-refractivity contribution in [2.45, 2.75) is 36.7 Å². The fourth-order valence-corrected chi connectivity index (χ4v) is 6.79. The lowest BCUT2D eigenvalue weighted by molar-refractivity contribution is -0.138. The molecule has 3 aromatic rings. The van der Waals surface area contributed by atoms with Crippen LogP contribution in [0.25, 0.3) is 0 Å². The van der Waals surface area contributed by atoms with Gasteiger partial charge < -0.3 is 4.90 Å². The molecule has 3 aromatic carbocycles. The molecule has 1 fully saturated rings. The third kappa shape index (κ3) is 4.33. The Kier molecular flexibility index (Phi) is 6.04. The van der Waals surface area contributed by atoms with Gasteiger partial charge in [-0.25, -0.2) is 8.42 Å². The maximum atomic E-state index is 13.7. The summed E-state index contributed by atoms with van der Waals surface area (Å²) in [5.41, 5.74) is 3.45. The Balaban J connectivity index is 1.42. The number of piperidine rings is 1. The van der Waals surface area contributed by atoms with Crippen molar-refractivity contribution in [1.29, 1.82) is 0 Å². The first-order valence-corrected chi connectivity index (χ1v) is 13.0. The highest BCUT2D eigenvalue weighted by atomic mass is 32.2. The van der Waals surface area contributed by atoms with Crippen molar-refractivity contribution < 1.29 is 13.2 Å². The second-order valence-electron chi connectivity index (χ2n) is 8.87. The summed E-state index contributed by atoms with van der Waals surface area (Å²) in [5.74, 6) is -0.280. The molecule has 5 rings (SSSR count). The van der Waals surface area contributed by atoms with Gasteiger partial charge in [-0.1, -0.05) is 72.8 Å². The summed E-state index contributed by atoms with van der Waals surface area (Å²) in [7, 11) is -3.74. The predicted octanol–water partition coefficient (Wildman–Crippen LogP) is 4.41. The van der Waals surface area contributed by atoms with E-state index >= 15 is 0 Å². The van der Waals surface area contributed by atoms with E-state index in [1.165, 1.54) is 11.1 Å². The molecule has 0 aliphatic carbocycles. The quantitative estimate of drug-likeness (QED) is 0.579. The van der Waals surface area contributed by atoms with Crippen LogP contribution in [0.15, 0.2) is 89.8 Å². The van der Waals surface area contributed by atoms with Crippen molar-refractivity contribution in [2.75, 3.05) is 13.1 Å². The molecule has 0 radical (unpaired) electrons. The average Bonchev–Trinajstić information content (AvgIpc) is 2.88. The van der Waals surface area contributed by atoms with Gasteiger partial charge in [0.2, 0.25) is 15.9 Å². The lowest BCUT2D eigenvalue weighted by Crippen LogP contribution is -2.48. The summed E-state index contributed by atoms with van der Waals surface area (Å²) in [6.07, 6.45) is 2.14. The smallest absolute Gasteiger partial charge is 0.243 e. The molecule has 2 aliphatic rings. The zero-order valence-corrected chi connectivity index (χ0v) is 19.3. The minimum atomic E-state index is -3.74. The second-order valence-corrected chi connectivity index (χ2v) is 10.8. The van der Waals surface area contributed by atoms with Gasteiger partial charge in [0, 0.05) is 19.6 Å². The first-order chi connectivity index (χ1) is 16.0. The summed E-state index contributed by atoms with van der Waals surface area (Å²) >= 11 is 0. The van der Waals surface area contributed by atoms with Crippen molar-refractivity contribution in [2.24, 2.45) is 5.92 Å². The normalized spacial score (nSPS) is 21.4. The van der Waals surface area contributed by atoms with Gasteiger partial charge in [-0.05, 0) is 48.1 Å². The molecule has 2 aliphatic heterocycles. The zero-order valence-electron chi connectivity index (χ0n) is 18.5. The summed E-state index contributed by atoms with van der Waals surface area (Å²) < 4.78 is 28.9. The van der Waals surface area contributed by atoms with E-state index in [4.69, 9.17) is 0 Å². The molecule has 170 valence electrons. The van der Waals surface area contributed by atoms with Crippen LogP contribution in [0.3, 0.4) is 0 Å². The Labute approximate surface area is 195 Å². The molecular weight excluding hydrogens is 432 g/mol. The Bertz CT molecular complexity index is 1230. The van der Waals surface area contributed by atoms with E-state index in [9.17, 15) is 13.2 Å². The number of amides is 1. The highest BCUT2D eigenvalue weighted by Gasteiger charge is 2.41. The van der Waals surface area contributed by atoms with Crippen LogP contribution in [0.2, 0.25) is 0 Å². The van der Waals surface area contributed by atoms with Crippen LogP contribution in [-0.2, 0) is 27.8 Å². The topological polar surface area (TPSA) is 57.7 Å². The van der Waals surface area contributed by atoms with Crippen LogP contribution in [0, 0.1) is 5.92 Å². The lowest BCUT2D eigenvalue weighted by Gasteiger charge is -2.40. The van der Waals surface area contributed by atoms with Gasteiger partial charge in [0.1, 0.15) is 0 Å². The fourth-order valence-electron chi connectivity index (χ4n) is 5.08. The summed E-state index contributed by atoms with van der Waals surface area (Å²) in [6.45, 7) is 1.48. The zero-order chi connectivity index (χ0) is 22.8. The van der Waals surface area contributed by atoms with Crippen LogP contribution in [0.1, 0.15) is 35.6 Å². The van der Waals surface area contributed by atoms with E-state index in [2.05, 4.69) is 12.1 Å². The highest BCUT2D eigenvalue weighted by molar-refractivity contribution is 7.89.